The Balaban J connectivity index is 1.46. The minimum Gasteiger partial charge on any atom is -0.497 e. The summed E-state index contributed by atoms with van der Waals surface area (Å²) in [6, 6.07) is 37.1. The van der Waals surface area contributed by atoms with Crippen molar-refractivity contribution in [2.45, 2.75) is 19.3 Å². The molecule has 40 heavy (non-hydrogen) atoms. The Hall–Kier alpha value is -4.84. The molecule has 6 rings (SSSR count). The number of hydrogen-bond donors (Lipinski definition) is 1. The molecule has 0 fully saturated rings. The Morgan fingerprint density at radius 1 is 0.800 bits per heavy atom. The third kappa shape index (κ3) is 5.08. The SMILES string of the molecule is COc1cccc(C2Oc3cccc(OC(F)F)c3-c3ccc(-c4ccccc4NCc4ccccc4)cc32)c1. The molecule has 1 aliphatic heterocycles. The van der Waals surface area contributed by atoms with Gasteiger partial charge in [0.05, 0.1) is 12.7 Å². The minimum absolute atomic E-state index is 0.0792. The van der Waals surface area contributed by atoms with E-state index >= 15 is 0 Å². The first-order valence-corrected chi connectivity index (χ1v) is 13.0. The summed E-state index contributed by atoms with van der Waals surface area (Å²) in [6.45, 7) is -2.27. The molecule has 1 heterocycles. The Morgan fingerprint density at radius 2 is 1.60 bits per heavy atom. The van der Waals surface area contributed by atoms with Gasteiger partial charge in [0, 0.05) is 28.9 Å². The Kier molecular flexibility index (Phi) is 7.06. The molecule has 0 bridgehead atoms. The predicted octanol–water partition coefficient (Wildman–Crippen LogP) is 8.72. The number of rotatable bonds is 8. The van der Waals surface area contributed by atoms with Crippen molar-refractivity contribution in [2.75, 3.05) is 12.4 Å². The number of nitrogens with one attached hydrogen (secondary N) is 1. The molecule has 6 heteroatoms. The monoisotopic (exact) mass is 535 g/mol. The van der Waals surface area contributed by atoms with Crippen LogP contribution in [0.2, 0.25) is 0 Å². The Bertz CT molecular complexity index is 1640. The Labute approximate surface area is 231 Å². The van der Waals surface area contributed by atoms with Crippen molar-refractivity contribution in [3.8, 4) is 39.5 Å². The van der Waals surface area contributed by atoms with E-state index in [1.807, 2.05) is 66.7 Å². The van der Waals surface area contributed by atoms with Crippen molar-refractivity contribution in [1.82, 2.24) is 0 Å². The first-order chi connectivity index (χ1) is 19.6. The number of alkyl halides is 2. The maximum atomic E-state index is 13.3. The fourth-order valence-electron chi connectivity index (χ4n) is 5.17. The van der Waals surface area contributed by atoms with Gasteiger partial charge in [0.15, 0.2) is 0 Å². The van der Waals surface area contributed by atoms with Gasteiger partial charge in [-0.1, -0.05) is 78.9 Å². The molecule has 0 amide bonds. The minimum atomic E-state index is -2.95. The number of para-hydroxylation sites is 1. The molecule has 0 saturated carbocycles. The normalized spacial score (nSPS) is 13.7. The molecule has 0 radical (unpaired) electrons. The van der Waals surface area contributed by atoms with E-state index in [2.05, 4.69) is 35.6 Å². The van der Waals surface area contributed by atoms with E-state index in [0.29, 0.717) is 23.6 Å². The maximum absolute atomic E-state index is 13.3. The molecule has 1 aliphatic rings. The summed E-state index contributed by atoms with van der Waals surface area (Å²) in [4.78, 5) is 0. The average Bonchev–Trinajstić information content (AvgIpc) is 3.00. The highest BCUT2D eigenvalue weighted by Gasteiger charge is 2.31. The number of anilines is 1. The van der Waals surface area contributed by atoms with Crippen molar-refractivity contribution in [1.29, 1.82) is 0 Å². The average molecular weight is 536 g/mol. The smallest absolute Gasteiger partial charge is 0.387 e. The molecule has 5 aromatic rings. The zero-order valence-corrected chi connectivity index (χ0v) is 21.8. The Morgan fingerprint density at radius 3 is 2.42 bits per heavy atom. The quantitative estimate of drug-likeness (QED) is 0.216. The molecule has 0 aromatic heterocycles. The number of hydrogen-bond acceptors (Lipinski definition) is 4. The van der Waals surface area contributed by atoms with E-state index in [1.54, 1.807) is 25.3 Å². The van der Waals surface area contributed by atoms with E-state index in [0.717, 1.165) is 33.5 Å². The molecular formula is C34H27F2NO3. The second-order valence-corrected chi connectivity index (χ2v) is 9.47. The van der Waals surface area contributed by atoms with Crippen LogP contribution in [0.15, 0.2) is 115 Å². The molecule has 5 aromatic carbocycles. The fraction of sp³-hybridized carbons (Fsp3) is 0.118. The first-order valence-electron chi connectivity index (χ1n) is 13.0. The van der Waals surface area contributed by atoms with Crippen LogP contribution in [-0.2, 0) is 6.54 Å². The molecular weight excluding hydrogens is 508 g/mol. The lowest BCUT2D eigenvalue weighted by Crippen LogP contribution is -2.17. The molecule has 0 saturated heterocycles. The van der Waals surface area contributed by atoms with Crippen LogP contribution in [0.5, 0.6) is 17.2 Å². The topological polar surface area (TPSA) is 39.7 Å². The van der Waals surface area contributed by atoms with Gasteiger partial charge in [-0.15, -0.1) is 0 Å². The molecule has 1 N–H and O–H groups in total. The van der Waals surface area contributed by atoms with Gasteiger partial charge >= 0.3 is 6.61 Å². The summed E-state index contributed by atoms with van der Waals surface area (Å²) in [7, 11) is 1.62. The molecule has 0 spiro atoms. The van der Waals surface area contributed by atoms with Gasteiger partial charge in [0.1, 0.15) is 23.4 Å². The van der Waals surface area contributed by atoms with Gasteiger partial charge in [0.2, 0.25) is 0 Å². The van der Waals surface area contributed by atoms with Crippen LogP contribution < -0.4 is 19.5 Å². The van der Waals surface area contributed by atoms with E-state index in [1.165, 1.54) is 5.56 Å². The van der Waals surface area contributed by atoms with Crippen molar-refractivity contribution < 1.29 is 23.0 Å². The molecule has 1 atom stereocenters. The first kappa shape index (κ1) is 25.4. The van der Waals surface area contributed by atoms with Gasteiger partial charge in [-0.05, 0) is 53.1 Å². The van der Waals surface area contributed by atoms with Crippen LogP contribution in [0.3, 0.4) is 0 Å². The van der Waals surface area contributed by atoms with Crippen molar-refractivity contribution in [2.24, 2.45) is 0 Å². The van der Waals surface area contributed by atoms with Gasteiger partial charge in [-0.2, -0.15) is 8.78 Å². The summed E-state index contributed by atoms with van der Waals surface area (Å²) >= 11 is 0. The summed E-state index contributed by atoms with van der Waals surface area (Å²) in [5, 5.41) is 3.56. The molecule has 1 unspecified atom stereocenters. The molecule has 200 valence electrons. The number of benzene rings is 5. The van der Waals surface area contributed by atoms with Crippen LogP contribution in [0.1, 0.15) is 22.8 Å². The van der Waals surface area contributed by atoms with Crippen LogP contribution in [0, 0.1) is 0 Å². The predicted molar refractivity (Wildman–Crippen MR) is 153 cm³/mol. The second kappa shape index (κ2) is 11.1. The highest BCUT2D eigenvalue weighted by molar-refractivity contribution is 5.86. The van der Waals surface area contributed by atoms with Crippen molar-refractivity contribution in [3.63, 3.8) is 0 Å². The summed E-state index contributed by atoms with van der Waals surface area (Å²) in [5.74, 6) is 1.27. The van der Waals surface area contributed by atoms with Crippen LogP contribution >= 0.6 is 0 Å². The highest BCUT2D eigenvalue weighted by Crippen LogP contribution is 2.50. The van der Waals surface area contributed by atoms with E-state index in [-0.39, 0.29) is 5.75 Å². The maximum Gasteiger partial charge on any atom is 0.387 e. The van der Waals surface area contributed by atoms with Gasteiger partial charge < -0.3 is 19.5 Å². The van der Waals surface area contributed by atoms with Crippen molar-refractivity contribution >= 4 is 5.69 Å². The third-order valence-electron chi connectivity index (χ3n) is 7.01. The molecule has 4 nitrogen and oxygen atoms in total. The number of fused-ring (bicyclic) bond motifs is 3. The highest BCUT2D eigenvalue weighted by atomic mass is 19.3. The largest absolute Gasteiger partial charge is 0.497 e. The fourth-order valence-corrected chi connectivity index (χ4v) is 5.17. The van der Waals surface area contributed by atoms with Crippen molar-refractivity contribution in [3.05, 3.63) is 132 Å². The van der Waals surface area contributed by atoms with E-state index in [4.69, 9.17) is 14.2 Å². The zero-order chi connectivity index (χ0) is 27.5. The number of ether oxygens (including phenoxy) is 3. The lowest BCUT2D eigenvalue weighted by molar-refractivity contribution is -0.0496. The van der Waals surface area contributed by atoms with Gasteiger partial charge in [-0.25, -0.2) is 0 Å². The summed E-state index contributed by atoms with van der Waals surface area (Å²) < 4.78 is 43.5. The van der Waals surface area contributed by atoms with Crippen LogP contribution in [-0.4, -0.2) is 13.7 Å². The van der Waals surface area contributed by atoms with E-state index < -0.39 is 12.7 Å². The third-order valence-corrected chi connectivity index (χ3v) is 7.01. The van der Waals surface area contributed by atoms with Gasteiger partial charge in [-0.3, -0.25) is 0 Å². The second-order valence-electron chi connectivity index (χ2n) is 9.47. The number of methoxy groups -OCH3 is 1. The van der Waals surface area contributed by atoms with Crippen LogP contribution in [0.4, 0.5) is 14.5 Å². The lowest BCUT2D eigenvalue weighted by Gasteiger charge is -2.31. The van der Waals surface area contributed by atoms with E-state index in [9.17, 15) is 8.78 Å². The van der Waals surface area contributed by atoms with Crippen LogP contribution in [0.25, 0.3) is 22.3 Å². The zero-order valence-electron chi connectivity index (χ0n) is 21.8. The summed E-state index contributed by atoms with van der Waals surface area (Å²) in [5.41, 5.74) is 7.19. The number of halogens is 2. The standard InChI is InChI=1S/C34H27F2NO3/c1-38-25-12-7-11-24(19-25)33-28-20-23(26-13-5-6-14-29(26)37-21-22-9-3-2-4-10-22)17-18-27(28)32-30(39-33)15-8-16-31(32)40-34(35)36/h2-20,33-34,37H,21H2,1H3. The lowest BCUT2D eigenvalue weighted by atomic mass is 9.86. The molecule has 0 aliphatic carbocycles. The summed E-state index contributed by atoms with van der Waals surface area (Å²) in [6.07, 6.45) is -0.483. The van der Waals surface area contributed by atoms with Gasteiger partial charge in [0.25, 0.3) is 0 Å².